The summed E-state index contributed by atoms with van der Waals surface area (Å²) in [7, 11) is 0. The molecule has 0 aliphatic heterocycles. The van der Waals surface area contributed by atoms with Gasteiger partial charge in [-0.15, -0.1) is 0 Å². The van der Waals surface area contributed by atoms with Crippen LogP contribution in [-0.4, -0.2) is 0 Å². The SMILES string of the molecule is CC1(C)c2ccccc2-c2cc3cc(N(c4ccc(-c5ccccc5)cc4)c4ccc(-c5ccccc5)cc4)ccc3cc21.CC1(C)c2ccccc2-c2cc3ccc(N(c4ccc5oc6ccccc6c5c4)c4ccccc4-c4ccccc4)cc3cc21. The molecule has 1 aromatic heterocycles. The highest BCUT2D eigenvalue weighted by Crippen LogP contribution is 2.53. The fourth-order valence-electron chi connectivity index (χ4n) is 14.3. The molecule has 0 saturated carbocycles. The Morgan fingerprint density at radius 2 is 0.629 bits per heavy atom. The molecule has 0 atom stereocenters. The lowest BCUT2D eigenvalue weighted by atomic mass is 9.82. The van der Waals surface area contributed by atoms with Crippen molar-refractivity contribution in [2.45, 2.75) is 38.5 Å². The molecule has 0 spiro atoms. The van der Waals surface area contributed by atoms with Crippen molar-refractivity contribution >= 4 is 77.6 Å². The lowest BCUT2D eigenvalue weighted by Gasteiger charge is -2.28. The second kappa shape index (κ2) is 21.4. The predicted octanol–water partition coefficient (Wildman–Crippen LogP) is 24.1. The van der Waals surface area contributed by atoms with Crippen LogP contribution in [0.15, 0.2) is 320 Å². The Morgan fingerprint density at radius 1 is 0.236 bits per heavy atom. The minimum atomic E-state index is -0.0525. The molecular weight excluding hydrogens is 1080 g/mol. The second-order valence-corrected chi connectivity index (χ2v) is 24.9. The van der Waals surface area contributed by atoms with E-state index in [0.717, 1.165) is 56.1 Å². The van der Waals surface area contributed by atoms with Crippen molar-refractivity contribution in [2.24, 2.45) is 0 Å². The third-order valence-corrected chi connectivity index (χ3v) is 18.9. The zero-order valence-electron chi connectivity index (χ0n) is 50.3. The summed E-state index contributed by atoms with van der Waals surface area (Å²) < 4.78 is 6.22. The zero-order valence-corrected chi connectivity index (χ0v) is 50.3. The zero-order chi connectivity index (χ0) is 59.8. The second-order valence-electron chi connectivity index (χ2n) is 24.9. The van der Waals surface area contributed by atoms with Crippen molar-refractivity contribution in [3.05, 3.63) is 338 Å². The van der Waals surface area contributed by atoms with E-state index in [4.69, 9.17) is 4.42 Å². The Balaban J connectivity index is 0.000000143. The molecule has 3 nitrogen and oxygen atoms in total. The van der Waals surface area contributed by atoms with Crippen LogP contribution in [0.2, 0.25) is 0 Å². The summed E-state index contributed by atoms with van der Waals surface area (Å²) in [6.45, 7) is 9.38. The summed E-state index contributed by atoms with van der Waals surface area (Å²) in [5.74, 6) is 0. The number of para-hydroxylation sites is 2. The van der Waals surface area contributed by atoms with Crippen molar-refractivity contribution in [2.75, 3.05) is 9.80 Å². The predicted molar refractivity (Wildman–Crippen MR) is 376 cm³/mol. The van der Waals surface area contributed by atoms with Crippen molar-refractivity contribution in [1.29, 1.82) is 0 Å². The molecule has 89 heavy (non-hydrogen) atoms. The number of hydrogen-bond donors (Lipinski definition) is 0. The number of nitrogens with zero attached hydrogens (tertiary/aromatic N) is 2. The highest BCUT2D eigenvalue weighted by molar-refractivity contribution is 6.07. The first-order valence-electron chi connectivity index (χ1n) is 31.0. The van der Waals surface area contributed by atoms with Crippen LogP contribution < -0.4 is 9.80 Å². The lowest BCUT2D eigenvalue weighted by molar-refractivity contribution is 0.661. The lowest BCUT2D eigenvalue weighted by Crippen LogP contribution is -2.15. The van der Waals surface area contributed by atoms with Gasteiger partial charge in [0, 0.05) is 55.6 Å². The van der Waals surface area contributed by atoms with Gasteiger partial charge in [0.05, 0.1) is 5.69 Å². The van der Waals surface area contributed by atoms with Crippen LogP contribution in [0.25, 0.3) is 99.1 Å². The molecule has 3 heteroatoms. The van der Waals surface area contributed by atoms with E-state index in [0.29, 0.717) is 0 Å². The van der Waals surface area contributed by atoms with Gasteiger partial charge in [0.1, 0.15) is 11.2 Å². The van der Waals surface area contributed by atoms with Crippen molar-refractivity contribution in [3.63, 3.8) is 0 Å². The molecule has 0 radical (unpaired) electrons. The van der Waals surface area contributed by atoms with E-state index in [1.54, 1.807) is 0 Å². The fraction of sp³-hybridized carbons (Fsp3) is 0.0698. The quantitative estimate of drug-likeness (QED) is 0.144. The van der Waals surface area contributed by atoms with E-state index in [9.17, 15) is 0 Å². The Morgan fingerprint density at radius 3 is 1.21 bits per heavy atom. The first kappa shape index (κ1) is 53.5. The number of rotatable bonds is 9. The average molecular weight is 1140 g/mol. The first-order chi connectivity index (χ1) is 43.6. The van der Waals surface area contributed by atoms with Crippen molar-refractivity contribution in [1.82, 2.24) is 0 Å². The Hall–Kier alpha value is -11.0. The molecule has 2 aliphatic rings. The molecule has 2 aliphatic carbocycles. The van der Waals surface area contributed by atoms with Crippen LogP contribution in [0.5, 0.6) is 0 Å². The number of fused-ring (bicyclic) bond motifs is 11. The molecule has 0 saturated heterocycles. The molecular formula is C86H64N2O. The van der Waals surface area contributed by atoms with Gasteiger partial charge in [-0.1, -0.05) is 240 Å². The van der Waals surface area contributed by atoms with E-state index in [-0.39, 0.29) is 10.8 Å². The monoisotopic (exact) mass is 1140 g/mol. The van der Waals surface area contributed by atoms with Crippen LogP contribution >= 0.6 is 0 Å². The van der Waals surface area contributed by atoms with E-state index in [2.05, 4.69) is 341 Å². The summed E-state index contributed by atoms with van der Waals surface area (Å²) in [6, 6.07) is 114. The van der Waals surface area contributed by atoms with Gasteiger partial charge in [-0.2, -0.15) is 0 Å². The molecule has 0 amide bonds. The Bertz CT molecular complexity index is 5090. The standard InChI is InChI=1S/C43H31NO.C43H33N/c1-43(2)38-17-9-6-15-34(38)36-25-29-20-21-31(24-30(29)26-39(36)43)44(40-18-10-7-14-33(40)28-12-4-3-5-13-28)32-22-23-42-37(27-32)35-16-8-11-19-41(35)45-42;1-43(2)41-16-10-9-15-39(41)40-28-35-27-38(26-21-34(35)29-42(40)43)44(36-22-17-32(18-23-36)30-11-5-3-6-12-30)37-24-19-33(20-25-37)31-13-7-4-8-14-31/h3-27H,1-2H3;3-29H,1-2H3. The minimum absolute atomic E-state index is 0.00811. The number of anilines is 6. The van der Waals surface area contributed by atoms with Gasteiger partial charge in [0.15, 0.2) is 0 Å². The van der Waals surface area contributed by atoms with Gasteiger partial charge < -0.3 is 14.2 Å². The normalized spacial score (nSPS) is 13.1. The van der Waals surface area contributed by atoms with Gasteiger partial charge in [0.2, 0.25) is 0 Å². The molecule has 0 N–H and O–H groups in total. The Kier molecular flexibility index (Phi) is 12.9. The highest BCUT2D eigenvalue weighted by Gasteiger charge is 2.37. The largest absolute Gasteiger partial charge is 0.456 e. The molecule has 0 fully saturated rings. The maximum absolute atomic E-state index is 6.22. The van der Waals surface area contributed by atoms with Crippen LogP contribution in [0.1, 0.15) is 49.9 Å². The van der Waals surface area contributed by atoms with Crippen LogP contribution in [0.3, 0.4) is 0 Å². The number of hydrogen-bond acceptors (Lipinski definition) is 3. The van der Waals surface area contributed by atoms with Gasteiger partial charge in [-0.05, 0) is 197 Å². The summed E-state index contributed by atoms with van der Waals surface area (Å²) in [5, 5.41) is 7.25. The summed E-state index contributed by atoms with van der Waals surface area (Å²) in [6.07, 6.45) is 0. The van der Waals surface area contributed by atoms with E-state index in [1.165, 1.54) is 99.4 Å². The fourth-order valence-corrected chi connectivity index (χ4v) is 14.3. The third-order valence-electron chi connectivity index (χ3n) is 18.9. The van der Waals surface area contributed by atoms with Gasteiger partial charge >= 0.3 is 0 Å². The third kappa shape index (κ3) is 9.28. The summed E-state index contributed by atoms with van der Waals surface area (Å²) in [4.78, 5) is 4.77. The maximum Gasteiger partial charge on any atom is 0.135 e. The van der Waals surface area contributed by atoms with Gasteiger partial charge in [-0.3, -0.25) is 0 Å². The number of benzene rings is 14. The van der Waals surface area contributed by atoms with Crippen LogP contribution in [0.4, 0.5) is 34.1 Å². The van der Waals surface area contributed by atoms with E-state index in [1.807, 2.05) is 12.1 Å². The van der Waals surface area contributed by atoms with E-state index >= 15 is 0 Å². The first-order valence-corrected chi connectivity index (χ1v) is 31.0. The molecule has 14 aromatic carbocycles. The molecule has 1 heterocycles. The topological polar surface area (TPSA) is 19.6 Å². The van der Waals surface area contributed by atoms with Crippen LogP contribution in [0, 0.1) is 0 Å². The van der Waals surface area contributed by atoms with Crippen molar-refractivity contribution in [3.8, 4) is 55.6 Å². The van der Waals surface area contributed by atoms with Gasteiger partial charge in [-0.25, -0.2) is 0 Å². The molecule has 17 rings (SSSR count). The smallest absolute Gasteiger partial charge is 0.135 e. The van der Waals surface area contributed by atoms with Crippen LogP contribution in [-0.2, 0) is 10.8 Å². The molecule has 0 bridgehead atoms. The highest BCUT2D eigenvalue weighted by atomic mass is 16.3. The summed E-state index contributed by atoms with van der Waals surface area (Å²) in [5.41, 5.74) is 26.7. The maximum atomic E-state index is 6.22. The van der Waals surface area contributed by atoms with E-state index < -0.39 is 0 Å². The molecule has 15 aromatic rings. The average Bonchev–Trinajstić information content (AvgIpc) is 1.88. The van der Waals surface area contributed by atoms with Gasteiger partial charge in [0.25, 0.3) is 0 Å². The minimum Gasteiger partial charge on any atom is -0.456 e. The molecule has 424 valence electrons. The summed E-state index contributed by atoms with van der Waals surface area (Å²) >= 11 is 0. The Labute approximate surface area is 520 Å². The number of furan rings is 1. The van der Waals surface area contributed by atoms with Crippen molar-refractivity contribution < 1.29 is 4.42 Å². The molecule has 0 unspecified atom stereocenters.